The van der Waals surface area contributed by atoms with Crippen LogP contribution in [0.1, 0.15) is 52.0 Å². The van der Waals surface area contributed by atoms with Gasteiger partial charge < -0.3 is 20.3 Å². The molecule has 0 fully saturated rings. The molecule has 2 N–H and O–H groups in total. The molecule has 0 aliphatic carbocycles. The van der Waals surface area contributed by atoms with Gasteiger partial charge in [-0.3, -0.25) is 4.99 Å². The van der Waals surface area contributed by atoms with Gasteiger partial charge in [0.15, 0.2) is 5.96 Å². The Morgan fingerprint density at radius 2 is 1.81 bits per heavy atom. The van der Waals surface area contributed by atoms with Crippen LogP contribution < -0.4 is 15.4 Å². The lowest BCUT2D eigenvalue weighted by Crippen LogP contribution is -2.42. The molecule has 0 aliphatic rings. The summed E-state index contributed by atoms with van der Waals surface area (Å²) in [6, 6.07) is 8.64. The normalized spacial score (nSPS) is 12.9. The number of hydrogen-bond donors (Lipinski definition) is 2. The Bertz CT molecular complexity index is 512. The van der Waals surface area contributed by atoms with E-state index in [0.29, 0.717) is 6.04 Å². The van der Waals surface area contributed by atoms with Gasteiger partial charge >= 0.3 is 0 Å². The third-order valence-electron chi connectivity index (χ3n) is 4.77. The van der Waals surface area contributed by atoms with Crippen molar-refractivity contribution in [2.75, 3.05) is 39.8 Å². The molecule has 154 valence electrons. The smallest absolute Gasteiger partial charge is 0.191 e. The van der Waals surface area contributed by atoms with E-state index < -0.39 is 0 Å². The van der Waals surface area contributed by atoms with Crippen molar-refractivity contribution in [3.63, 3.8) is 0 Å². The largest absolute Gasteiger partial charge is 0.494 e. The van der Waals surface area contributed by atoms with Crippen LogP contribution in [-0.4, -0.2) is 56.7 Å². The second kappa shape index (κ2) is 14.3. The van der Waals surface area contributed by atoms with Crippen molar-refractivity contribution in [3.05, 3.63) is 29.8 Å². The third kappa shape index (κ3) is 10.9. The van der Waals surface area contributed by atoms with Gasteiger partial charge in [0.1, 0.15) is 5.75 Å². The summed E-state index contributed by atoms with van der Waals surface area (Å²) >= 11 is 0. The minimum atomic E-state index is 0.427. The number of nitrogens with zero attached hydrogens (tertiary/aromatic N) is 2. The van der Waals surface area contributed by atoms with Gasteiger partial charge in [-0.1, -0.05) is 31.5 Å². The van der Waals surface area contributed by atoms with Crippen LogP contribution in [0, 0.1) is 6.92 Å². The summed E-state index contributed by atoms with van der Waals surface area (Å²) in [5, 5.41) is 6.89. The molecule has 27 heavy (non-hydrogen) atoms. The fourth-order valence-corrected chi connectivity index (χ4v) is 2.92. The van der Waals surface area contributed by atoms with Gasteiger partial charge in [0, 0.05) is 19.6 Å². The molecule has 1 unspecified atom stereocenters. The van der Waals surface area contributed by atoms with Gasteiger partial charge in [0.05, 0.1) is 6.61 Å². The van der Waals surface area contributed by atoms with Crippen molar-refractivity contribution in [2.45, 2.75) is 59.4 Å². The predicted molar refractivity (Wildman–Crippen MR) is 117 cm³/mol. The predicted octanol–water partition coefficient (Wildman–Crippen LogP) is 3.83. The monoisotopic (exact) mass is 376 g/mol. The molecule has 0 spiro atoms. The number of aryl methyl sites for hydroxylation is 1. The molecular weight excluding hydrogens is 336 g/mol. The molecule has 1 aromatic rings. The molecule has 1 atom stereocenters. The number of hydrogen-bond acceptors (Lipinski definition) is 3. The van der Waals surface area contributed by atoms with E-state index in [1.54, 1.807) is 0 Å². The fourth-order valence-electron chi connectivity index (χ4n) is 2.92. The van der Waals surface area contributed by atoms with Crippen LogP contribution in [0.15, 0.2) is 29.3 Å². The van der Waals surface area contributed by atoms with Crippen molar-refractivity contribution >= 4 is 5.96 Å². The quantitative estimate of drug-likeness (QED) is 0.312. The summed E-state index contributed by atoms with van der Waals surface area (Å²) in [7, 11) is 1.83. The summed E-state index contributed by atoms with van der Waals surface area (Å²) in [6.45, 7) is 13.9. The molecule has 1 aromatic carbocycles. The first-order valence-electron chi connectivity index (χ1n) is 10.5. The average molecular weight is 377 g/mol. The van der Waals surface area contributed by atoms with E-state index in [-0.39, 0.29) is 0 Å². The molecule has 5 heteroatoms. The fraction of sp³-hybridized carbons (Fsp3) is 0.682. The first-order chi connectivity index (χ1) is 13.1. The zero-order chi connectivity index (χ0) is 19.9. The second-order valence-electron chi connectivity index (χ2n) is 7.08. The van der Waals surface area contributed by atoms with E-state index in [9.17, 15) is 0 Å². The van der Waals surface area contributed by atoms with E-state index in [0.717, 1.165) is 57.2 Å². The second-order valence-corrected chi connectivity index (χ2v) is 7.08. The number of aliphatic imine (C=N–C) groups is 1. The van der Waals surface area contributed by atoms with E-state index in [2.05, 4.69) is 60.4 Å². The van der Waals surface area contributed by atoms with Crippen molar-refractivity contribution < 1.29 is 4.74 Å². The van der Waals surface area contributed by atoms with Crippen molar-refractivity contribution in [1.82, 2.24) is 15.5 Å². The minimum Gasteiger partial charge on any atom is -0.494 e. The Morgan fingerprint density at radius 1 is 1.11 bits per heavy atom. The minimum absolute atomic E-state index is 0.427. The molecule has 0 bridgehead atoms. The molecule has 0 saturated heterocycles. The van der Waals surface area contributed by atoms with Crippen LogP contribution >= 0.6 is 0 Å². The molecule has 0 saturated carbocycles. The molecule has 0 amide bonds. The van der Waals surface area contributed by atoms with Gasteiger partial charge in [-0.2, -0.15) is 0 Å². The summed E-state index contributed by atoms with van der Waals surface area (Å²) in [5.41, 5.74) is 1.26. The third-order valence-corrected chi connectivity index (χ3v) is 4.77. The van der Waals surface area contributed by atoms with Crippen LogP contribution in [0.3, 0.4) is 0 Å². The standard InChI is InChI=1S/C22H40N4O/c1-6-26(7-2)17-10-11-20(4)25-22(23-5)24-16-8-9-18-27-21-14-12-19(3)13-15-21/h12-15,20H,6-11,16-18H2,1-5H3,(H2,23,24,25). The number of rotatable bonds is 13. The van der Waals surface area contributed by atoms with Gasteiger partial charge in [0.2, 0.25) is 0 Å². The molecule has 0 heterocycles. The summed E-state index contributed by atoms with van der Waals surface area (Å²) < 4.78 is 5.76. The Morgan fingerprint density at radius 3 is 2.44 bits per heavy atom. The van der Waals surface area contributed by atoms with Crippen molar-refractivity contribution in [1.29, 1.82) is 0 Å². The summed E-state index contributed by atoms with van der Waals surface area (Å²) in [5.74, 6) is 1.84. The van der Waals surface area contributed by atoms with Crippen LogP contribution in [0.2, 0.25) is 0 Å². The summed E-state index contributed by atoms with van der Waals surface area (Å²) in [4.78, 5) is 6.80. The van der Waals surface area contributed by atoms with Crippen LogP contribution in [0.5, 0.6) is 5.75 Å². The average Bonchev–Trinajstić information content (AvgIpc) is 2.68. The Hall–Kier alpha value is -1.75. The lowest BCUT2D eigenvalue weighted by molar-refractivity contribution is 0.292. The SMILES string of the molecule is CCN(CC)CCCC(C)NC(=NC)NCCCCOc1ccc(C)cc1. The lowest BCUT2D eigenvalue weighted by atomic mass is 10.2. The number of unbranched alkanes of at least 4 members (excludes halogenated alkanes) is 1. The summed E-state index contributed by atoms with van der Waals surface area (Å²) in [6.07, 6.45) is 4.45. The van der Waals surface area contributed by atoms with Gasteiger partial charge in [-0.15, -0.1) is 0 Å². The van der Waals surface area contributed by atoms with Crippen molar-refractivity contribution in [3.8, 4) is 5.75 Å². The topological polar surface area (TPSA) is 48.9 Å². The molecular formula is C22H40N4O. The highest BCUT2D eigenvalue weighted by Gasteiger charge is 2.06. The maximum atomic E-state index is 5.76. The van der Waals surface area contributed by atoms with Gasteiger partial charge in [-0.05, 0) is 71.3 Å². The zero-order valence-corrected chi connectivity index (χ0v) is 18.1. The highest BCUT2D eigenvalue weighted by atomic mass is 16.5. The van der Waals surface area contributed by atoms with Crippen molar-refractivity contribution in [2.24, 2.45) is 4.99 Å². The molecule has 0 aliphatic heterocycles. The van der Waals surface area contributed by atoms with E-state index in [4.69, 9.17) is 4.74 Å². The number of nitrogens with one attached hydrogen (secondary N) is 2. The maximum absolute atomic E-state index is 5.76. The number of benzene rings is 1. The van der Waals surface area contributed by atoms with Crippen LogP contribution in [0.25, 0.3) is 0 Å². The highest BCUT2D eigenvalue weighted by molar-refractivity contribution is 5.79. The maximum Gasteiger partial charge on any atom is 0.191 e. The molecule has 1 rings (SSSR count). The molecule has 0 radical (unpaired) electrons. The van der Waals surface area contributed by atoms with E-state index in [1.807, 2.05) is 19.2 Å². The molecule has 5 nitrogen and oxygen atoms in total. The van der Waals surface area contributed by atoms with Crippen LogP contribution in [-0.2, 0) is 0 Å². The zero-order valence-electron chi connectivity index (χ0n) is 18.1. The first kappa shape index (κ1) is 23.3. The molecule has 0 aromatic heterocycles. The Balaban J connectivity index is 2.10. The highest BCUT2D eigenvalue weighted by Crippen LogP contribution is 2.11. The van der Waals surface area contributed by atoms with E-state index >= 15 is 0 Å². The lowest BCUT2D eigenvalue weighted by Gasteiger charge is -2.21. The van der Waals surface area contributed by atoms with Gasteiger partial charge in [-0.25, -0.2) is 0 Å². The van der Waals surface area contributed by atoms with E-state index in [1.165, 1.54) is 18.5 Å². The van der Waals surface area contributed by atoms with Gasteiger partial charge in [0.25, 0.3) is 0 Å². The first-order valence-corrected chi connectivity index (χ1v) is 10.5. The number of guanidine groups is 1. The Kier molecular flexibility index (Phi) is 12.4. The Labute approximate surface area is 166 Å². The van der Waals surface area contributed by atoms with Crippen LogP contribution in [0.4, 0.5) is 0 Å². The number of ether oxygens (including phenoxy) is 1.